The topological polar surface area (TPSA) is 58.6 Å². The molecule has 1 aromatic carbocycles. The van der Waals surface area contributed by atoms with Crippen molar-refractivity contribution in [1.82, 2.24) is 5.32 Å². The van der Waals surface area contributed by atoms with Crippen LogP contribution in [0.4, 0.5) is 13.6 Å². The molecule has 0 unspecified atom stereocenters. The Morgan fingerprint density at radius 3 is 2.50 bits per heavy atom. The standard InChI is InChI=1S/C10H7F2I2NO3/c11-10(12)3-18-9(17)15-8(10)4-1-5(13)7(16)6(14)2-4/h1-2,8,16H,3H2,(H,15,17)/t8-/m0/s1. The van der Waals surface area contributed by atoms with Crippen LogP contribution in [0.5, 0.6) is 5.75 Å². The Hall–Kier alpha value is -0.390. The molecule has 0 aliphatic carbocycles. The van der Waals surface area contributed by atoms with Gasteiger partial charge in [-0.05, 0) is 62.9 Å². The molecule has 1 aliphatic heterocycles. The van der Waals surface area contributed by atoms with Crippen molar-refractivity contribution in [2.45, 2.75) is 12.0 Å². The molecule has 1 aromatic rings. The van der Waals surface area contributed by atoms with E-state index in [0.29, 0.717) is 7.14 Å². The van der Waals surface area contributed by atoms with Gasteiger partial charge < -0.3 is 15.2 Å². The van der Waals surface area contributed by atoms with Crippen molar-refractivity contribution in [1.29, 1.82) is 0 Å². The third kappa shape index (κ3) is 2.63. The average Bonchev–Trinajstić information content (AvgIpc) is 2.28. The lowest BCUT2D eigenvalue weighted by Gasteiger charge is -2.32. The normalized spacial score (nSPS) is 22.2. The number of halogens is 4. The molecule has 1 aliphatic rings. The summed E-state index contributed by atoms with van der Waals surface area (Å²) in [5.74, 6) is -3.14. The molecule has 18 heavy (non-hydrogen) atoms. The number of alkyl carbamates (subject to hydrolysis) is 1. The molecule has 2 rings (SSSR count). The van der Waals surface area contributed by atoms with Crippen molar-refractivity contribution in [3.63, 3.8) is 0 Å². The number of hydrogen-bond donors (Lipinski definition) is 2. The van der Waals surface area contributed by atoms with Gasteiger partial charge in [0.1, 0.15) is 11.8 Å². The molecule has 98 valence electrons. The van der Waals surface area contributed by atoms with E-state index in [2.05, 4.69) is 10.1 Å². The van der Waals surface area contributed by atoms with Crippen LogP contribution in [0.25, 0.3) is 0 Å². The number of phenolic OH excluding ortho intramolecular Hbond substituents is 1. The molecule has 1 heterocycles. The first-order valence-electron chi connectivity index (χ1n) is 4.80. The first-order valence-corrected chi connectivity index (χ1v) is 6.96. The molecule has 0 saturated carbocycles. The Morgan fingerprint density at radius 1 is 1.39 bits per heavy atom. The number of alkyl halides is 2. The number of phenols is 1. The Kier molecular flexibility index (Phi) is 3.85. The van der Waals surface area contributed by atoms with E-state index < -0.39 is 24.7 Å². The van der Waals surface area contributed by atoms with Crippen LogP contribution in [0.3, 0.4) is 0 Å². The van der Waals surface area contributed by atoms with Crippen molar-refractivity contribution < 1.29 is 23.4 Å². The maximum Gasteiger partial charge on any atom is 0.408 e. The van der Waals surface area contributed by atoms with Crippen LogP contribution < -0.4 is 5.32 Å². The fourth-order valence-electron chi connectivity index (χ4n) is 1.59. The van der Waals surface area contributed by atoms with Gasteiger partial charge in [0.25, 0.3) is 0 Å². The number of amides is 1. The minimum absolute atomic E-state index is 0.0432. The number of carbonyl (C=O) groups is 1. The van der Waals surface area contributed by atoms with Gasteiger partial charge in [-0.2, -0.15) is 0 Å². The highest BCUT2D eigenvalue weighted by atomic mass is 127. The smallest absolute Gasteiger partial charge is 0.408 e. The third-order valence-corrected chi connectivity index (χ3v) is 4.10. The molecule has 0 aromatic heterocycles. The van der Waals surface area contributed by atoms with Crippen LogP contribution in [0.15, 0.2) is 12.1 Å². The van der Waals surface area contributed by atoms with Crippen molar-refractivity contribution in [2.75, 3.05) is 6.61 Å². The molecule has 0 radical (unpaired) electrons. The lowest BCUT2D eigenvalue weighted by atomic mass is 10.00. The fourth-order valence-corrected chi connectivity index (χ4v) is 3.41. The first kappa shape index (κ1) is 14.0. The minimum atomic E-state index is -3.18. The summed E-state index contributed by atoms with van der Waals surface area (Å²) in [6.45, 7) is -0.947. The van der Waals surface area contributed by atoms with E-state index >= 15 is 0 Å². The average molecular weight is 481 g/mol. The van der Waals surface area contributed by atoms with E-state index in [1.54, 1.807) is 0 Å². The van der Waals surface area contributed by atoms with Crippen LogP contribution in [0, 0.1) is 7.14 Å². The number of hydrogen-bond acceptors (Lipinski definition) is 3. The zero-order valence-corrected chi connectivity index (χ0v) is 13.0. The van der Waals surface area contributed by atoms with Crippen LogP contribution in [-0.2, 0) is 4.74 Å². The molecule has 1 saturated heterocycles. The largest absolute Gasteiger partial charge is 0.506 e. The monoisotopic (exact) mass is 481 g/mol. The van der Waals surface area contributed by atoms with Gasteiger partial charge in [-0.15, -0.1) is 0 Å². The van der Waals surface area contributed by atoms with Crippen LogP contribution >= 0.6 is 45.2 Å². The summed E-state index contributed by atoms with van der Waals surface area (Å²) in [5.41, 5.74) is 0.239. The molecule has 8 heteroatoms. The summed E-state index contributed by atoms with van der Waals surface area (Å²) in [6.07, 6.45) is -0.871. The second kappa shape index (κ2) is 4.94. The molecule has 0 bridgehead atoms. The number of benzene rings is 1. The quantitative estimate of drug-likeness (QED) is 0.607. The maximum atomic E-state index is 13.7. The van der Waals surface area contributed by atoms with Crippen molar-refractivity contribution in [3.05, 3.63) is 24.8 Å². The molecule has 4 nitrogen and oxygen atoms in total. The molecular weight excluding hydrogens is 474 g/mol. The summed E-state index contributed by atoms with van der Waals surface area (Å²) in [5, 5.41) is 11.7. The highest BCUT2D eigenvalue weighted by Crippen LogP contribution is 2.37. The fraction of sp³-hybridized carbons (Fsp3) is 0.300. The number of carbonyl (C=O) groups excluding carboxylic acids is 1. The van der Waals surface area contributed by atoms with Crippen molar-refractivity contribution in [2.24, 2.45) is 0 Å². The summed E-state index contributed by atoms with van der Waals surface area (Å²) in [6, 6.07) is 1.39. The zero-order valence-electron chi connectivity index (χ0n) is 8.71. The predicted molar refractivity (Wildman–Crippen MR) is 75.7 cm³/mol. The van der Waals surface area contributed by atoms with Crippen LogP contribution in [-0.4, -0.2) is 23.7 Å². The Morgan fingerprint density at radius 2 is 1.94 bits per heavy atom. The predicted octanol–water partition coefficient (Wildman–Crippen LogP) is 3.02. The number of cyclic esters (lactones) is 1. The van der Waals surface area contributed by atoms with Gasteiger partial charge in [0.2, 0.25) is 0 Å². The minimum Gasteiger partial charge on any atom is -0.506 e. The number of rotatable bonds is 1. The van der Waals surface area contributed by atoms with Crippen molar-refractivity contribution in [3.8, 4) is 5.75 Å². The summed E-state index contributed by atoms with van der Waals surface area (Å²) >= 11 is 3.69. The summed E-state index contributed by atoms with van der Waals surface area (Å²) in [4.78, 5) is 11.1. The van der Waals surface area contributed by atoms with E-state index in [0.717, 1.165) is 0 Å². The molecule has 2 N–H and O–H groups in total. The lowest BCUT2D eigenvalue weighted by Crippen LogP contribution is -2.49. The SMILES string of the molecule is O=C1N[C@@H](c2cc(I)c(O)c(I)c2)C(F)(F)CO1. The van der Waals surface area contributed by atoms with Gasteiger partial charge in [0.15, 0.2) is 6.61 Å². The Bertz CT molecular complexity index is 487. The van der Waals surface area contributed by atoms with Gasteiger partial charge in [0, 0.05) is 0 Å². The second-order valence-electron chi connectivity index (χ2n) is 3.75. The lowest BCUT2D eigenvalue weighted by molar-refractivity contribution is -0.104. The number of ether oxygens (including phenoxy) is 1. The highest BCUT2D eigenvalue weighted by molar-refractivity contribution is 14.1. The van der Waals surface area contributed by atoms with E-state index in [4.69, 9.17) is 0 Å². The molecular formula is C10H7F2I2NO3. The van der Waals surface area contributed by atoms with Gasteiger partial charge in [-0.25, -0.2) is 13.6 Å². The second-order valence-corrected chi connectivity index (χ2v) is 6.07. The van der Waals surface area contributed by atoms with E-state index in [9.17, 15) is 18.7 Å². The van der Waals surface area contributed by atoms with Gasteiger partial charge >= 0.3 is 12.0 Å². The van der Waals surface area contributed by atoms with Crippen LogP contribution in [0.1, 0.15) is 11.6 Å². The maximum absolute atomic E-state index is 13.7. The molecule has 0 spiro atoms. The summed E-state index contributed by atoms with van der Waals surface area (Å²) in [7, 11) is 0. The van der Waals surface area contributed by atoms with E-state index in [-0.39, 0.29) is 11.3 Å². The van der Waals surface area contributed by atoms with Crippen LogP contribution in [0.2, 0.25) is 0 Å². The van der Waals surface area contributed by atoms with Gasteiger partial charge in [-0.3, -0.25) is 0 Å². The molecule has 1 atom stereocenters. The Labute approximate surface area is 128 Å². The highest BCUT2D eigenvalue weighted by Gasteiger charge is 2.47. The van der Waals surface area contributed by atoms with E-state index in [1.807, 2.05) is 45.2 Å². The zero-order chi connectivity index (χ0) is 13.5. The number of nitrogens with one attached hydrogen (secondary N) is 1. The van der Waals surface area contributed by atoms with Crippen molar-refractivity contribution >= 4 is 51.3 Å². The third-order valence-electron chi connectivity index (χ3n) is 2.45. The number of aromatic hydroxyl groups is 1. The van der Waals surface area contributed by atoms with Gasteiger partial charge in [-0.1, -0.05) is 0 Å². The Balaban J connectivity index is 2.43. The molecule has 1 amide bonds. The summed E-state index contributed by atoms with van der Waals surface area (Å²) < 4.78 is 32.5. The molecule has 1 fully saturated rings. The first-order chi connectivity index (χ1) is 8.31. The van der Waals surface area contributed by atoms with E-state index in [1.165, 1.54) is 12.1 Å². The van der Waals surface area contributed by atoms with Gasteiger partial charge in [0.05, 0.1) is 7.14 Å².